The van der Waals surface area contributed by atoms with Gasteiger partial charge in [-0.15, -0.1) is 11.3 Å². The van der Waals surface area contributed by atoms with Gasteiger partial charge in [0, 0.05) is 24.7 Å². The van der Waals surface area contributed by atoms with E-state index in [2.05, 4.69) is 10.5 Å². The highest BCUT2D eigenvalue weighted by molar-refractivity contribution is 7.14. The second-order valence-corrected chi connectivity index (χ2v) is 7.13. The van der Waals surface area contributed by atoms with Crippen molar-refractivity contribution in [3.63, 3.8) is 0 Å². The lowest BCUT2D eigenvalue weighted by Crippen LogP contribution is -2.18. The average molecular weight is 327 g/mol. The Kier molecular flexibility index (Phi) is 4.48. The molecule has 1 amide bonds. The van der Waals surface area contributed by atoms with Gasteiger partial charge in [0.25, 0.3) is 5.91 Å². The summed E-state index contributed by atoms with van der Waals surface area (Å²) in [5, 5.41) is 4.24. The van der Waals surface area contributed by atoms with Crippen LogP contribution in [0.3, 0.4) is 0 Å². The first kappa shape index (κ1) is 15.7. The van der Waals surface area contributed by atoms with E-state index in [1.54, 1.807) is 11.3 Å². The highest BCUT2D eigenvalue weighted by Crippen LogP contribution is 2.30. The molecule has 3 rings (SSSR count). The Morgan fingerprint density at radius 2 is 1.96 bits per heavy atom. The number of nitrogens with zero attached hydrogens (tertiary/aromatic N) is 2. The molecular weight excluding hydrogens is 306 g/mol. The first-order valence-electron chi connectivity index (χ1n) is 7.78. The Bertz CT molecular complexity index is 723. The predicted octanol–water partition coefficient (Wildman–Crippen LogP) is 3.46. The number of carbonyl (C=O) groups is 1. The molecule has 0 bridgehead atoms. The van der Waals surface area contributed by atoms with Crippen LogP contribution in [-0.4, -0.2) is 25.7 Å². The molecule has 0 spiro atoms. The van der Waals surface area contributed by atoms with Gasteiger partial charge in [-0.25, -0.2) is 5.43 Å². The fraction of sp³-hybridized carbons (Fsp3) is 0.333. The van der Waals surface area contributed by atoms with E-state index in [0.29, 0.717) is 0 Å². The smallest absolute Gasteiger partial charge is 0.281 e. The maximum atomic E-state index is 12.2. The van der Waals surface area contributed by atoms with Gasteiger partial charge in [0.2, 0.25) is 0 Å². The van der Waals surface area contributed by atoms with Crippen molar-refractivity contribution in [2.24, 2.45) is 5.10 Å². The molecule has 23 heavy (non-hydrogen) atoms. The van der Waals surface area contributed by atoms with E-state index in [0.717, 1.165) is 34.7 Å². The maximum Gasteiger partial charge on any atom is 0.281 e. The number of benzene rings is 1. The van der Waals surface area contributed by atoms with E-state index >= 15 is 0 Å². The summed E-state index contributed by atoms with van der Waals surface area (Å²) in [5.41, 5.74) is 6.95. The lowest BCUT2D eigenvalue weighted by molar-refractivity contribution is 0.0959. The second kappa shape index (κ2) is 6.54. The molecule has 1 aromatic carbocycles. The molecule has 1 N–H and O–H groups in total. The molecule has 120 valence electrons. The maximum absolute atomic E-state index is 12.2. The monoisotopic (exact) mass is 327 g/mol. The van der Waals surface area contributed by atoms with Crippen molar-refractivity contribution in [1.82, 2.24) is 5.43 Å². The normalized spacial score (nSPS) is 13.8. The van der Waals surface area contributed by atoms with Crippen LogP contribution < -0.4 is 10.3 Å². The molecule has 2 aromatic rings. The largest absolute Gasteiger partial charge is 0.378 e. The van der Waals surface area contributed by atoms with E-state index < -0.39 is 0 Å². The van der Waals surface area contributed by atoms with Crippen molar-refractivity contribution in [2.45, 2.75) is 26.2 Å². The number of thiophene rings is 1. The van der Waals surface area contributed by atoms with E-state index in [9.17, 15) is 4.79 Å². The number of carbonyl (C=O) groups excluding carboxylic acids is 1. The number of rotatable bonds is 4. The number of amides is 1. The molecular formula is C18H21N3OS. The summed E-state index contributed by atoms with van der Waals surface area (Å²) in [5.74, 6) is -0.117. The van der Waals surface area contributed by atoms with Crippen LogP contribution in [0.25, 0.3) is 0 Å². The Morgan fingerprint density at radius 1 is 1.22 bits per heavy atom. The number of aryl methyl sites for hydroxylation is 2. The van der Waals surface area contributed by atoms with Crippen LogP contribution in [-0.2, 0) is 12.8 Å². The third-order valence-corrected chi connectivity index (χ3v) is 5.33. The van der Waals surface area contributed by atoms with Gasteiger partial charge in [-0.2, -0.15) is 5.10 Å². The first-order valence-corrected chi connectivity index (χ1v) is 8.60. The number of anilines is 1. The van der Waals surface area contributed by atoms with Gasteiger partial charge in [-0.05, 0) is 55.5 Å². The summed E-state index contributed by atoms with van der Waals surface area (Å²) in [6.07, 6.45) is 3.41. The molecule has 1 aliphatic rings. The standard InChI is InChI=1S/C18H21N3OS/c1-12(13-7-9-15(10-8-13)21(2)3)19-20-18(22)17-11-14-5-4-6-16(14)23-17/h7-11H,4-6H2,1-3H3,(H,20,22)/b19-12-. The van der Waals surface area contributed by atoms with Crippen LogP contribution in [0.1, 0.15) is 39.0 Å². The molecule has 0 atom stereocenters. The SMILES string of the molecule is C/C(=N/NC(=O)c1cc2c(s1)CCC2)c1ccc(N(C)C)cc1. The Labute approximate surface area is 140 Å². The summed E-state index contributed by atoms with van der Waals surface area (Å²) in [4.78, 5) is 16.4. The van der Waals surface area contributed by atoms with Gasteiger partial charge in [0.1, 0.15) is 0 Å². The van der Waals surface area contributed by atoms with E-state index in [1.165, 1.54) is 16.9 Å². The highest BCUT2D eigenvalue weighted by atomic mass is 32.1. The summed E-state index contributed by atoms with van der Waals surface area (Å²) in [6.45, 7) is 1.90. The second-order valence-electron chi connectivity index (χ2n) is 5.99. The zero-order valence-corrected chi connectivity index (χ0v) is 14.5. The van der Waals surface area contributed by atoms with Gasteiger partial charge < -0.3 is 4.90 Å². The van der Waals surface area contributed by atoms with Crippen molar-refractivity contribution in [2.75, 3.05) is 19.0 Å². The summed E-state index contributed by atoms with van der Waals surface area (Å²) in [7, 11) is 4.02. The summed E-state index contributed by atoms with van der Waals surface area (Å²) in [6, 6.07) is 10.1. The quantitative estimate of drug-likeness (QED) is 0.690. The summed E-state index contributed by atoms with van der Waals surface area (Å²) < 4.78 is 0. The highest BCUT2D eigenvalue weighted by Gasteiger charge is 2.18. The Morgan fingerprint density at radius 3 is 2.61 bits per heavy atom. The van der Waals surface area contributed by atoms with Gasteiger partial charge >= 0.3 is 0 Å². The number of hydrogen-bond acceptors (Lipinski definition) is 4. The predicted molar refractivity (Wildman–Crippen MR) is 96.8 cm³/mol. The van der Waals surface area contributed by atoms with Crippen LogP contribution in [0.4, 0.5) is 5.69 Å². The van der Waals surface area contributed by atoms with Gasteiger partial charge in [-0.1, -0.05) is 12.1 Å². The molecule has 0 unspecified atom stereocenters. The van der Waals surface area contributed by atoms with Crippen LogP contribution in [0.2, 0.25) is 0 Å². The van der Waals surface area contributed by atoms with E-state index in [1.807, 2.05) is 56.3 Å². The molecule has 4 nitrogen and oxygen atoms in total. The van der Waals surface area contributed by atoms with Crippen LogP contribution in [0.5, 0.6) is 0 Å². The minimum absolute atomic E-state index is 0.117. The number of fused-ring (bicyclic) bond motifs is 1. The molecule has 5 heteroatoms. The third-order valence-electron chi connectivity index (χ3n) is 4.10. The van der Waals surface area contributed by atoms with Crippen molar-refractivity contribution in [3.8, 4) is 0 Å². The van der Waals surface area contributed by atoms with E-state index in [4.69, 9.17) is 0 Å². The number of nitrogens with one attached hydrogen (secondary N) is 1. The lowest BCUT2D eigenvalue weighted by atomic mass is 10.1. The number of hydrazone groups is 1. The van der Waals surface area contributed by atoms with Gasteiger partial charge in [0.05, 0.1) is 10.6 Å². The van der Waals surface area contributed by atoms with Crippen molar-refractivity contribution in [3.05, 3.63) is 51.2 Å². The molecule has 0 aliphatic heterocycles. The van der Waals surface area contributed by atoms with Crippen molar-refractivity contribution < 1.29 is 4.79 Å². The van der Waals surface area contributed by atoms with E-state index in [-0.39, 0.29) is 5.91 Å². The third kappa shape index (κ3) is 3.45. The molecule has 0 saturated carbocycles. The number of hydrogen-bond donors (Lipinski definition) is 1. The summed E-state index contributed by atoms with van der Waals surface area (Å²) >= 11 is 1.60. The Hall–Kier alpha value is -2.14. The molecule has 1 aliphatic carbocycles. The molecule has 0 saturated heterocycles. The topological polar surface area (TPSA) is 44.7 Å². The Balaban J connectivity index is 1.67. The zero-order chi connectivity index (χ0) is 16.4. The fourth-order valence-corrected chi connectivity index (χ4v) is 3.84. The molecule has 1 aromatic heterocycles. The minimum Gasteiger partial charge on any atom is -0.378 e. The first-order chi connectivity index (χ1) is 11.0. The minimum atomic E-state index is -0.117. The van der Waals surface area contributed by atoms with Gasteiger partial charge in [-0.3, -0.25) is 4.79 Å². The van der Waals surface area contributed by atoms with Crippen molar-refractivity contribution >= 4 is 28.6 Å². The van der Waals surface area contributed by atoms with Crippen LogP contribution in [0, 0.1) is 0 Å². The molecule has 1 heterocycles. The lowest BCUT2D eigenvalue weighted by Gasteiger charge is -2.12. The van der Waals surface area contributed by atoms with Gasteiger partial charge in [0.15, 0.2) is 0 Å². The van der Waals surface area contributed by atoms with Crippen LogP contribution in [0.15, 0.2) is 35.4 Å². The molecule has 0 radical (unpaired) electrons. The zero-order valence-electron chi connectivity index (χ0n) is 13.7. The fourth-order valence-electron chi connectivity index (χ4n) is 2.70. The van der Waals surface area contributed by atoms with Crippen molar-refractivity contribution in [1.29, 1.82) is 0 Å². The molecule has 0 fully saturated rings. The van der Waals surface area contributed by atoms with Crippen LogP contribution >= 0.6 is 11.3 Å². The average Bonchev–Trinajstić information content (AvgIpc) is 3.14.